The zero-order valence-corrected chi connectivity index (χ0v) is 50.2. The van der Waals surface area contributed by atoms with Gasteiger partial charge in [0.05, 0.1) is 45.4 Å². The topological polar surface area (TPSA) is 385 Å². The number of aliphatic hydroxyl groups excluding tert-OH is 1. The molecule has 455 valence electrons. The van der Waals surface area contributed by atoms with E-state index < -0.39 is 78.7 Å². The molecular weight excluding hydrogens is 1250 g/mol. The first kappa shape index (κ1) is 78.7. The first-order valence-electron chi connectivity index (χ1n) is 27.1. The minimum atomic E-state index is -1.48. The molecule has 0 aliphatic carbocycles. The van der Waals surface area contributed by atoms with Crippen molar-refractivity contribution in [3.8, 4) is 0 Å². The van der Waals surface area contributed by atoms with E-state index in [2.05, 4.69) is 38.5 Å². The van der Waals surface area contributed by atoms with E-state index in [9.17, 15) is 63.3 Å². The molecule has 0 saturated heterocycles. The van der Waals surface area contributed by atoms with Crippen molar-refractivity contribution >= 4 is 59.6 Å². The van der Waals surface area contributed by atoms with Crippen LogP contribution in [0.1, 0.15) is 162 Å². The minimum absolute atomic E-state index is 0. The molecule has 4 atom stereocenters. The van der Waals surface area contributed by atoms with Gasteiger partial charge < -0.3 is 81.8 Å². The summed E-state index contributed by atoms with van der Waals surface area (Å²) in [6.45, 7) is 3.78. The summed E-state index contributed by atoms with van der Waals surface area (Å²) in [6.07, 6.45) is 18.1. The molecule has 0 fully saturated rings. The zero-order chi connectivity index (χ0) is 57.3. The number of hydrogen-bond donors (Lipinski definition) is 10. The molecule has 0 spiro atoms. The predicted octanol–water partition coefficient (Wildman–Crippen LogP) is 3.71. The van der Waals surface area contributed by atoms with Crippen molar-refractivity contribution in [3.05, 3.63) is 18.1 Å². The Hall–Kier alpha value is -4.49. The van der Waals surface area contributed by atoms with Crippen molar-refractivity contribution in [2.24, 2.45) is 0 Å². The number of carbonyl (C=O) groups is 9. The average Bonchev–Trinajstić information content (AvgIpc) is 3.38. The standard InChI is InChI=1S/C52H89N7O18.V.W.H2/c1-39(61)18-14-12-10-8-6-4-2-3-5-7-9-11-13-15-20-46(64)57-41(50(68)69)22-25-45(63)55-28-30-74-32-34-76-37-48(66)56-29-31-75-33-35-77-38-49(67)59-43(52(72)73)23-26-47(65)58-42(51(70)71)21-24-44(62)54-27-17-16-19-40(53)36-60;;;/h40-43,53,61H,1-35,37-38H2,(H,54,62)(H,55,63)(H,56,66)(H,57,64)(H,58,65)(H,59,67)(H,68,69)(H,70,71)(H,72,73);;;1H/q-2;;;/t40?,41?,42?,43-;;;/m0.../s1. The van der Waals surface area contributed by atoms with E-state index >= 15 is 0 Å². The fourth-order valence-corrected chi connectivity index (χ4v) is 7.39. The number of hydrogen-bond acceptors (Lipinski definition) is 15. The van der Waals surface area contributed by atoms with E-state index in [1.807, 2.05) is 0 Å². The van der Waals surface area contributed by atoms with Crippen LogP contribution >= 0.6 is 0 Å². The number of allylic oxidation sites excluding steroid dienone is 1. The van der Waals surface area contributed by atoms with Gasteiger partial charge in [0.15, 0.2) is 0 Å². The van der Waals surface area contributed by atoms with Crippen molar-refractivity contribution < 1.29 is 128 Å². The van der Waals surface area contributed by atoms with E-state index in [0.29, 0.717) is 32.1 Å². The number of ether oxygens (including phenoxy) is 4. The van der Waals surface area contributed by atoms with E-state index in [0.717, 1.165) is 32.1 Å². The Morgan fingerprint density at radius 2 is 0.759 bits per heavy atom. The van der Waals surface area contributed by atoms with Crippen LogP contribution in [0.2, 0.25) is 0 Å². The first-order valence-corrected chi connectivity index (χ1v) is 27.1. The Morgan fingerprint density at radius 3 is 1.18 bits per heavy atom. The molecule has 1 radical (unpaired) electrons. The molecule has 0 aromatic carbocycles. The number of nitrogens with one attached hydrogen (secondary N) is 7. The molecular formula is C52H91N7O18VW-2. The van der Waals surface area contributed by atoms with Crippen LogP contribution in [0, 0.1) is 0 Å². The Kier molecular flexibility index (Phi) is 53.9. The van der Waals surface area contributed by atoms with Gasteiger partial charge >= 0.3 is 17.9 Å². The summed E-state index contributed by atoms with van der Waals surface area (Å²) < 4.78 is 21.2. The third-order valence-electron chi connectivity index (χ3n) is 11.7. The van der Waals surface area contributed by atoms with Gasteiger partial charge in [0.1, 0.15) is 31.3 Å². The maximum absolute atomic E-state index is 12.4. The van der Waals surface area contributed by atoms with E-state index in [1.54, 1.807) is 6.29 Å². The molecule has 0 heterocycles. The molecule has 11 N–H and O–H groups in total. The maximum Gasteiger partial charge on any atom is 0.326 e. The largest absolute Gasteiger partial charge is 0.698 e. The smallest absolute Gasteiger partial charge is 0.326 e. The van der Waals surface area contributed by atoms with Gasteiger partial charge in [-0.3, -0.25) is 35.1 Å². The van der Waals surface area contributed by atoms with E-state index in [4.69, 9.17) is 29.8 Å². The monoisotopic (exact) mass is 1340 g/mol. The summed E-state index contributed by atoms with van der Waals surface area (Å²) in [5.41, 5.74) is 7.31. The second-order valence-electron chi connectivity index (χ2n) is 18.6. The Bertz CT molecular complexity index is 1750. The molecule has 0 aliphatic heterocycles. The number of carboxylic acid groups (broad SMARTS) is 3. The van der Waals surface area contributed by atoms with Crippen molar-refractivity contribution in [2.75, 3.05) is 72.5 Å². The molecule has 0 rings (SSSR count). The molecule has 0 aromatic heterocycles. The van der Waals surface area contributed by atoms with Crippen LogP contribution in [0.15, 0.2) is 12.3 Å². The zero-order valence-electron chi connectivity index (χ0n) is 45.8. The number of unbranched alkanes of at least 4 members (excludes halogenated alkanes) is 14. The van der Waals surface area contributed by atoms with Gasteiger partial charge in [-0.2, -0.15) is 0 Å². The number of carbonyl (C=O) groups excluding carboxylic acids is 7. The maximum atomic E-state index is 12.4. The van der Waals surface area contributed by atoms with Crippen LogP contribution in [-0.4, -0.2) is 177 Å². The molecule has 27 heteroatoms. The van der Waals surface area contributed by atoms with Gasteiger partial charge in [0.2, 0.25) is 35.4 Å². The number of carboxylic acids is 3. The van der Waals surface area contributed by atoms with Crippen molar-refractivity contribution in [2.45, 2.75) is 185 Å². The summed E-state index contributed by atoms with van der Waals surface area (Å²) >= 11 is 0. The van der Waals surface area contributed by atoms with Crippen LogP contribution in [0.25, 0.3) is 5.73 Å². The Labute approximate surface area is 492 Å². The summed E-state index contributed by atoms with van der Waals surface area (Å²) in [5.74, 6) is -6.97. The van der Waals surface area contributed by atoms with Crippen molar-refractivity contribution in [1.82, 2.24) is 31.9 Å². The molecule has 0 saturated carbocycles. The van der Waals surface area contributed by atoms with Crippen LogP contribution in [0.3, 0.4) is 0 Å². The summed E-state index contributed by atoms with van der Waals surface area (Å²) in [7, 11) is 0. The fraction of sp³-hybridized carbons (Fsp3) is 0.769. The first-order chi connectivity index (χ1) is 36.9. The number of amides is 6. The molecule has 0 aliphatic rings. The second kappa shape index (κ2) is 54.1. The van der Waals surface area contributed by atoms with E-state index in [1.165, 1.54) is 51.4 Å². The number of aliphatic carboxylic acids is 3. The number of rotatable bonds is 54. The Balaban J connectivity index is -0.00000963. The van der Waals surface area contributed by atoms with Gasteiger partial charge in [-0.1, -0.05) is 96.5 Å². The van der Waals surface area contributed by atoms with Crippen molar-refractivity contribution in [1.29, 1.82) is 0 Å². The van der Waals surface area contributed by atoms with Gasteiger partial charge in [-0.05, 0) is 38.5 Å². The van der Waals surface area contributed by atoms with Gasteiger partial charge in [-0.15, -0.1) is 0 Å². The van der Waals surface area contributed by atoms with Crippen molar-refractivity contribution in [3.63, 3.8) is 0 Å². The van der Waals surface area contributed by atoms with Gasteiger partial charge in [-0.25, -0.2) is 20.4 Å². The van der Waals surface area contributed by atoms with Crippen LogP contribution < -0.4 is 31.9 Å². The summed E-state index contributed by atoms with van der Waals surface area (Å²) in [4.78, 5) is 119. The molecule has 25 nitrogen and oxygen atoms in total. The molecule has 6 amide bonds. The normalized spacial score (nSPS) is 12.2. The Morgan fingerprint density at radius 1 is 0.418 bits per heavy atom. The number of aliphatic hydroxyl groups is 1. The molecule has 79 heavy (non-hydrogen) atoms. The third kappa shape index (κ3) is 51.4. The molecule has 3 unspecified atom stereocenters. The fourth-order valence-electron chi connectivity index (χ4n) is 7.39. The van der Waals surface area contributed by atoms with Crippen LogP contribution in [0.5, 0.6) is 0 Å². The molecule has 0 bridgehead atoms. The van der Waals surface area contributed by atoms with Crippen LogP contribution in [-0.2, 0) is 107 Å². The minimum Gasteiger partial charge on any atom is -0.698 e. The second-order valence-corrected chi connectivity index (χ2v) is 18.6. The third-order valence-corrected chi connectivity index (χ3v) is 11.7. The van der Waals surface area contributed by atoms with Gasteiger partial charge in [0.25, 0.3) is 0 Å². The van der Waals surface area contributed by atoms with Gasteiger partial charge in [0, 0.05) is 92.8 Å². The summed E-state index contributed by atoms with van der Waals surface area (Å²) in [5, 5.41) is 52.4. The average molecular weight is 1340 g/mol. The van der Waals surface area contributed by atoms with E-state index in [-0.39, 0.29) is 163 Å². The quantitative estimate of drug-likeness (QED) is 0.0236. The van der Waals surface area contributed by atoms with Crippen LogP contribution in [0.4, 0.5) is 0 Å². The molecule has 0 aromatic rings. The predicted molar refractivity (Wildman–Crippen MR) is 284 cm³/mol. The summed E-state index contributed by atoms with van der Waals surface area (Å²) in [6, 6.07) is -5.02. The SMILES string of the molecule is C=C(O)CCCCCCCCCCCCCCCCC(=O)NC(CCC(=O)NCCOCCOCC(=O)NCCOCCOCC(=O)N[C@@H](CCC(=O)NC(CCC(=O)NCCCCC([NH-])[C-]=O)C(=O)O)C(=O)O)C(=O)O.[HH].[V].[W].